The predicted molar refractivity (Wildman–Crippen MR) is 184 cm³/mol. The van der Waals surface area contributed by atoms with Crippen LogP contribution in [0, 0.1) is 0 Å². The second-order valence-corrected chi connectivity index (χ2v) is 13.2. The molecular formula is C44H30O. The van der Waals surface area contributed by atoms with Gasteiger partial charge in [-0.05, 0) is 90.7 Å². The Morgan fingerprint density at radius 3 is 1.76 bits per heavy atom. The van der Waals surface area contributed by atoms with Gasteiger partial charge in [-0.25, -0.2) is 0 Å². The average Bonchev–Trinajstić information content (AvgIpc) is 3.51. The van der Waals surface area contributed by atoms with Crippen molar-refractivity contribution < 1.29 is 4.74 Å². The van der Waals surface area contributed by atoms with Gasteiger partial charge >= 0.3 is 0 Å². The van der Waals surface area contributed by atoms with Gasteiger partial charge in [0, 0.05) is 16.5 Å². The van der Waals surface area contributed by atoms with Gasteiger partial charge in [0.2, 0.25) is 0 Å². The first-order valence-electron chi connectivity index (χ1n) is 15.9. The van der Waals surface area contributed by atoms with Crippen molar-refractivity contribution in [3.8, 4) is 44.9 Å². The first kappa shape index (κ1) is 25.0. The van der Waals surface area contributed by atoms with Gasteiger partial charge in [0.1, 0.15) is 11.5 Å². The van der Waals surface area contributed by atoms with Gasteiger partial charge in [0.15, 0.2) is 0 Å². The summed E-state index contributed by atoms with van der Waals surface area (Å²) < 4.78 is 6.68. The van der Waals surface area contributed by atoms with Crippen LogP contribution in [0.2, 0.25) is 0 Å². The number of rotatable bonds is 1. The topological polar surface area (TPSA) is 9.23 Å². The fourth-order valence-corrected chi connectivity index (χ4v) is 8.82. The summed E-state index contributed by atoms with van der Waals surface area (Å²) in [4.78, 5) is 0. The second kappa shape index (κ2) is 8.61. The zero-order valence-electron chi connectivity index (χ0n) is 25.3. The smallest absolute Gasteiger partial charge is 0.132 e. The summed E-state index contributed by atoms with van der Waals surface area (Å²) in [5, 5.41) is 2.65. The maximum atomic E-state index is 6.68. The van der Waals surface area contributed by atoms with Gasteiger partial charge in [0.05, 0.1) is 5.41 Å². The SMILES string of the molecule is CC1(C)c2cc(-c3ccc4c(c3)C3(c5ccccc5O4)c4ccccc4-c4ccccc43)ccc2-c2ccc3ccccc3c21. The Morgan fingerprint density at radius 1 is 0.422 bits per heavy atom. The highest BCUT2D eigenvalue weighted by Gasteiger charge is 2.51. The third-order valence-electron chi connectivity index (χ3n) is 10.7. The van der Waals surface area contributed by atoms with Crippen molar-refractivity contribution in [3.63, 3.8) is 0 Å². The van der Waals surface area contributed by atoms with Gasteiger partial charge in [-0.1, -0.05) is 135 Å². The highest BCUT2D eigenvalue weighted by Crippen LogP contribution is 2.62. The quantitative estimate of drug-likeness (QED) is 0.189. The minimum Gasteiger partial charge on any atom is -0.457 e. The number of hydrogen-bond donors (Lipinski definition) is 0. The molecule has 212 valence electrons. The summed E-state index contributed by atoms with van der Waals surface area (Å²) in [6.07, 6.45) is 0. The molecule has 7 aromatic rings. The number of hydrogen-bond acceptors (Lipinski definition) is 1. The van der Waals surface area contributed by atoms with E-state index in [2.05, 4.69) is 159 Å². The molecule has 10 rings (SSSR count). The van der Waals surface area contributed by atoms with Crippen molar-refractivity contribution in [1.82, 2.24) is 0 Å². The van der Waals surface area contributed by atoms with Crippen LogP contribution in [0.3, 0.4) is 0 Å². The zero-order chi connectivity index (χ0) is 29.9. The molecule has 0 saturated heterocycles. The van der Waals surface area contributed by atoms with Gasteiger partial charge in [-0.3, -0.25) is 0 Å². The summed E-state index contributed by atoms with van der Waals surface area (Å²) >= 11 is 0. The van der Waals surface area contributed by atoms with Crippen LogP contribution in [-0.2, 0) is 10.8 Å². The highest BCUT2D eigenvalue weighted by atomic mass is 16.5. The average molecular weight is 575 g/mol. The van der Waals surface area contributed by atoms with Gasteiger partial charge in [-0.15, -0.1) is 0 Å². The van der Waals surface area contributed by atoms with Crippen LogP contribution in [0.4, 0.5) is 0 Å². The minimum absolute atomic E-state index is 0.109. The molecule has 1 heterocycles. The molecule has 0 fully saturated rings. The maximum Gasteiger partial charge on any atom is 0.132 e. The van der Waals surface area contributed by atoms with E-state index in [1.54, 1.807) is 0 Å². The Hall–Kier alpha value is -5.40. The molecule has 0 amide bonds. The summed E-state index contributed by atoms with van der Waals surface area (Å²) in [5.74, 6) is 1.85. The molecule has 0 atom stereocenters. The first-order chi connectivity index (χ1) is 22.1. The van der Waals surface area contributed by atoms with Crippen molar-refractivity contribution in [3.05, 3.63) is 179 Å². The Morgan fingerprint density at radius 2 is 0.978 bits per heavy atom. The predicted octanol–water partition coefficient (Wildman–Crippen LogP) is 11.3. The van der Waals surface area contributed by atoms with Crippen LogP contribution < -0.4 is 4.74 Å². The Kier molecular flexibility index (Phi) is 4.78. The number of para-hydroxylation sites is 1. The van der Waals surface area contributed by atoms with Crippen LogP contribution in [0.25, 0.3) is 44.2 Å². The lowest BCUT2D eigenvalue weighted by Crippen LogP contribution is -2.32. The molecule has 0 radical (unpaired) electrons. The van der Waals surface area contributed by atoms with Crippen molar-refractivity contribution in [2.75, 3.05) is 0 Å². The number of ether oxygens (including phenoxy) is 1. The fraction of sp³-hybridized carbons (Fsp3) is 0.0909. The lowest BCUT2D eigenvalue weighted by molar-refractivity contribution is 0.436. The molecule has 3 aliphatic rings. The van der Waals surface area contributed by atoms with Gasteiger partial charge in [0.25, 0.3) is 0 Å². The zero-order valence-corrected chi connectivity index (χ0v) is 25.3. The van der Waals surface area contributed by atoms with Crippen LogP contribution in [0.5, 0.6) is 11.5 Å². The van der Waals surface area contributed by atoms with E-state index in [1.807, 2.05) is 0 Å². The standard InChI is InChI=1S/C44H30O/c1-43(2)38-25-28(20-22-33(38)34-23-19-27-11-3-4-12-30(27)42(34)43)29-21-24-41-39(26-29)44(37-17-9-10-18-40(37)45-41)35-15-7-5-13-31(35)32-14-6-8-16-36(32)44/h3-26H,1-2H3. The van der Waals surface area contributed by atoms with Gasteiger partial charge < -0.3 is 4.74 Å². The molecule has 0 saturated carbocycles. The van der Waals surface area contributed by atoms with Crippen molar-refractivity contribution >= 4 is 10.8 Å². The van der Waals surface area contributed by atoms with Crippen LogP contribution in [0.15, 0.2) is 146 Å². The van der Waals surface area contributed by atoms with E-state index in [4.69, 9.17) is 4.74 Å². The van der Waals surface area contributed by atoms with Crippen molar-refractivity contribution in [1.29, 1.82) is 0 Å². The van der Waals surface area contributed by atoms with Crippen molar-refractivity contribution in [2.45, 2.75) is 24.7 Å². The van der Waals surface area contributed by atoms with E-state index in [9.17, 15) is 0 Å². The maximum absolute atomic E-state index is 6.68. The van der Waals surface area contributed by atoms with E-state index in [-0.39, 0.29) is 5.41 Å². The van der Waals surface area contributed by atoms with E-state index in [0.717, 1.165) is 11.5 Å². The van der Waals surface area contributed by atoms with E-state index in [1.165, 1.54) is 77.5 Å². The Balaban J connectivity index is 1.21. The fourth-order valence-electron chi connectivity index (χ4n) is 8.82. The van der Waals surface area contributed by atoms with Crippen LogP contribution >= 0.6 is 0 Å². The summed E-state index contributed by atoms with van der Waals surface area (Å²) in [7, 11) is 0. The summed E-state index contributed by atoms with van der Waals surface area (Å²) in [6.45, 7) is 4.76. The molecule has 1 spiro atoms. The Labute approximate surface area is 263 Å². The third-order valence-corrected chi connectivity index (χ3v) is 10.7. The number of benzene rings is 7. The molecule has 0 unspecified atom stereocenters. The van der Waals surface area contributed by atoms with E-state index < -0.39 is 5.41 Å². The second-order valence-electron chi connectivity index (χ2n) is 13.2. The molecule has 45 heavy (non-hydrogen) atoms. The molecule has 0 bridgehead atoms. The van der Waals surface area contributed by atoms with Crippen LogP contribution in [0.1, 0.15) is 47.2 Å². The normalized spacial score (nSPS) is 15.4. The van der Waals surface area contributed by atoms with Crippen molar-refractivity contribution in [2.24, 2.45) is 0 Å². The largest absolute Gasteiger partial charge is 0.457 e. The molecule has 1 nitrogen and oxygen atoms in total. The lowest BCUT2D eigenvalue weighted by Gasteiger charge is -2.39. The molecule has 7 aromatic carbocycles. The van der Waals surface area contributed by atoms with E-state index in [0.29, 0.717) is 0 Å². The van der Waals surface area contributed by atoms with Gasteiger partial charge in [-0.2, -0.15) is 0 Å². The molecule has 0 N–H and O–H groups in total. The summed E-state index contributed by atoms with van der Waals surface area (Å²) in [6, 6.07) is 53.7. The van der Waals surface area contributed by atoms with E-state index >= 15 is 0 Å². The lowest BCUT2D eigenvalue weighted by atomic mass is 9.65. The summed E-state index contributed by atoms with van der Waals surface area (Å²) in [5.41, 5.74) is 15.0. The monoisotopic (exact) mass is 574 g/mol. The molecule has 0 aromatic heterocycles. The molecule has 1 heteroatoms. The highest BCUT2D eigenvalue weighted by molar-refractivity contribution is 5.98. The van der Waals surface area contributed by atoms with Crippen LogP contribution in [-0.4, -0.2) is 0 Å². The minimum atomic E-state index is -0.460. The molecule has 2 aliphatic carbocycles. The Bertz CT molecular complexity index is 2340. The first-order valence-corrected chi connectivity index (χ1v) is 15.9. The third kappa shape index (κ3) is 3.08. The number of fused-ring (bicyclic) bond motifs is 14. The molecule has 1 aliphatic heterocycles. The molecular weight excluding hydrogens is 544 g/mol.